The molecule has 1 aromatic rings. The van der Waals surface area contributed by atoms with Gasteiger partial charge in [0.25, 0.3) is 0 Å². The minimum absolute atomic E-state index is 0.0151. The maximum atomic E-state index is 12.7. The van der Waals surface area contributed by atoms with Gasteiger partial charge in [-0.1, -0.05) is 35.7 Å². The van der Waals surface area contributed by atoms with Crippen LogP contribution < -0.4 is 5.73 Å². The highest BCUT2D eigenvalue weighted by Gasteiger charge is 2.35. The zero-order valence-electron chi connectivity index (χ0n) is 10.4. The van der Waals surface area contributed by atoms with E-state index in [9.17, 15) is 8.42 Å². The van der Waals surface area contributed by atoms with Crippen LogP contribution in [-0.4, -0.2) is 31.9 Å². The van der Waals surface area contributed by atoms with Crippen LogP contribution in [0.2, 0.25) is 10.0 Å². The van der Waals surface area contributed by atoms with Gasteiger partial charge >= 0.3 is 0 Å². The molecule has 0 aromatic heterocycles. The SMILES string of the molecule is NCC1CCCCN1S(=O)(=O)c1c(Cl)cccc1Cl. The van der Waals surface area contributed by atoms with Gasteiger partial charge in [0.15, 0.2) is 0 Å². The van der Waals surface area contributed by atoms with Crippen molar-refractivity contribution in [1.29, 1.82) is 0 Å². The molecule has 1 aromatic carbocycles. The average Bonchev–Trinajstić information content (AvgIpc) is 2.38. The Morgan fingerprint density at radius 1 is 1.26 bits per heavy atom. The third-order valence-electron chi connectivity index (χ3n) is 3.33. The molecule has 1 heterocycles. The first-order valence-corrected chi connectivity index (χ1v) is 8.34. The Morgan fingerprint density at radius 2 is 1.89 bits per heavy atom. The van der Waals surface area contributed by atoms with Crippen LogP contribution in [0.3, 0.4) is 0 Å². The molecular formula is C12H16Cl2N2O2S. The molecule has 1 fully saturated rings. The molecule has 0 amide bonds. The Labute approximate surface area is 123 Å². The van der Waals surface area contributed by atoms with Crippen LogP contribution in [0.4, 0.5) is 0 Å². The summed E-state index contributed by atoms with van der Waals surface area (Å²) in [6.45, 7) is 0.771. The summed E-state index contributed by atoms with van der Waals surface area (Å²) in [5.74, 6) is 0. The van der Waals surface area contributed by atoms with Crippen molar-refractivity contribution in [2.45, 2.75) is 30.2 Å². The van der Waals surface area contributed by atoms with Crippen LogP contribution in [0, 0.1) is 0 Å². The number of hydrogen-bond acceptors (Lipinski definition) is 3. The highest BCUT2D eigenvalue weighted by atomic mass is 35.5. The molecule has 1 saturated heterocycles. The lowest BCUT2D eigenvalue weighted by atomic mass is 10.1. The Morgan fingerprint density at radius 3 is 2.47 bits per heavy atom. The third-order valence-corrected chi connectivity index (χ3v) is 6.24. The van der Waals surface area contributed by atoms with Gasteiger partial charge in [0.05, 0.1) is 10.0 Å². The van der Waals surface area contributed by atoms with Crippen molar-refractivity contribution in [2.24, 2.45) is 5.73 Å². The van der Waals surface area contributed by atoms with E-state index < -0.39 is 10.0 Å². The number of rotatable bonds is 3. The third kappa shape index (κ3) is 2.90. The van der Waals surface area contributed by atoms with Crippen molar-refractivity contribution in [3.05, 3.63) is 28.2 Å². The van der Waals surface area contributed by atoms with Crippen molar-refractivity contribution in [1.82, 2.24) is 4.31 Å². The van der Waals surface area contributed by atoms with E-state index in [1.807, 2.05) is 0 Å². The van der Waals surface area contributed by atoms with Crippen LogP contribution in [-0.2, 0) is 10.0 Å². The van der Waals surface area contributed by atoms with Crippen molar-refractivity contribution in [3.8, 4) is 0 Å². The Bertz CT molecular complexity index is 543. The second-order valence-corrected chi connectivity index (χ2v) is 7.19. The molecule has 0 bridgehead atoms. The summed E-state index contributed by atoms with van der Waals surface area (Å²) in [6, 6.07) is 4.51. The summed E-state index contributed by atoms with van der Waals surface area (Å²) in [7, 11) is -3.70. The minimum atomic E-state index is -3.70. The van der Waals surface area contributed by atoms with Gasteiger partial charge in [-0.05, 0) is 25.0 Å². The average molecular weight is 323 g/mol. The quantitative estimate of drug-likeness (QED) is 0.929. The van der Waals surface area contributed by atoms with E-state index >= 15 is 0 Å². The molecule has 1 aliphatic heterocycles. The number of nitrogens with zero attached hydrogens (tertiary/aromatic N) is 1. The number of halogens is 2. The second-order valence-electron chi connectivity index (χ2n) is 4.55. The van der Waals surface area contributed by atoms with Gasteiger partial charge in [0.2, 0.25) is 10.0 Å². The van der Waals surface area contributed by atoms with Gasteiger partial charge in [-0.2, -0.15) is 4.31 Å². The maximum absolute atomic E-state index is 12.7. The number of nitrogens with two attached hydrogens (primary N) is 1. The molecular weight excluding hydrogens is 307 g/mol. The van der Waals surface area contributed by atoms with Crippen molar-refractivity contribution in [3.63, 3.8) is 0 Å². The molecule has 1 aliphatic rings. The summed E-state index contributed by atoms with van der Waals surface area (Å²) >= 11 is 12.0. The Kier molecular flexibility index (Phi) is 4.74. The van der Waals surface area contributed by atoms with E-state index in [-0.39, 0.29) is 21.0 Å². The first-order chi connectivity index (χ1) is 8.98. The predicted molar refractivity (Wildman–Crippen MR) is 77.0 cm³/mol. The van der Waals surface area contributed by atoms with Crippen LogP contribution in [0.25, 0.3) is 0 Å². The van der Waals surface area contributed by atoms with Crippen molar-refractivity contribution in [2.75, 3.05) is 13.1 Å². The minimum Gasteiger partial charge on any atom is -0.329 e. The monoisotopic (exact) mass is 322 g/mol. The Balaban J connectivity index is 2.47. The topological polar surface area (TPSA) is 63.4 Å². The lowest BCUT2D eigenvalue weighted by Crippen LogP contribution is -2.47. The second kappa shape index (κ2) is 5.97. The van der Waals surface area contributed by atoms with E-state index in [1.54, 1.807) is 6.07 Å². The summed E-state index contributed by atoms with van der Waals surface area (Å²) in [4.78, 5) is -0.0151. The molecule has 1 atom stereocenters. The fraction of sp³-hybridized carbons (Fsp3) is 0.500. The van der Waals surface area contributed by atoms with Gasteiger partial charge in [0, 0.05) is 19.1 Å². The van der Waals surface area contributed by atoms with E-state index in [1.165, 1.54) is 16.4 Å². The summed E-state index contributed by atoms with van der Waals surface area (Å²) in [5.41, 5.74) is 5.67. The van der Waals surface area contributed by atoms with E-state index in [2.05, 4.69) is 0 Å². The number of piperidine rings is 1. The zero-order valence-corrected chi connectivity index (χ0v) is 12.7. The van der Waals surface area contributed by atoms with Crippen LogP contribution in [0.1, 0.15) is 19.3 Å². The highest BCUT2D eigenvalue weighted by Crippen LogP contribution is 2.34. The molecule has 0 aliphatic carbocycles. The summed E-state index contributed by atoms with van der Waals surface area (Å²) in [6.07, 6.45) is 2.60. The van der Waals surface area contributed by atoms with Crippen molar-refractivity contribution < 1.29 is 8.42 Å². The molecule has 19 heavy (non-hydrogen) atoms. The maximum Gasteiger partial charge on any atom is 0.246 e. The fourth-order valence-electron chi connectivity index (χ4n) is 2.37. The normalized spacial score (nSPS) is 21.5. The van der Waals surface area contributed by atoms with Gasteiger partial charge in [-0.25, -0.2) is 8.42 Å². The molecule has 0 saturated carbocycles. The molecule has 106 valence electrons. The van der Waals surface area contributed by atoms with E-state index in [4.69, 9.17) is 28.9 Å². The molecule has 2 N–H and O–H groups in total. The standard InChI is InChI=1S/C12H16Cl2N2O2S/c13-10-5-3-6-11(14)12(10)19(17,18)16-7-2-1-4-9(16)8-15/h3,5-6,9H,1-2,4,7-8,15H2. The van der Waals surface area contributed by atoms with Crippen LogP contribution in [0.5, 0.6) is 0 Å². The van der Waals surface area contributed by atoms with Gasteiger partial charge in [0.1, 0.15) is 4.90 Å². The predicted octanol–water partition coefficient (Wildman–Crippen LogP) is 2.50. The van der Waals surface area contributed by atoms with Crippen molar-refractivity contribution >= 4 is 33.2 Å². The van der Waals surface area contributed by atoms with Crippen LogP contribution in [0.15, 0.2) is 23.1 Å². The zero-order chi connectivity index (χ0) is 14.0. The molecule has 2 rings (SSSR count). The first-order valence-electron chi connectivity index (χ1n) is 6.14. The lowest BCUT2D eigenvalue weighted by molar-refractivity contribution is 0.257. The Hall–Kier alpha value is -0.330. The van der Waals surface area contributed by atoms with E-state index in [0.29, 0.717) is 13.1 Å². The van der Waals surface area contributed by atoms with E-state index in [0.717, 1.165) is 19.3 Å². The van der Waals surface area contributed by atoms with Crippen LogP contribution >= 0.6 is 23.2 Å². The number of hydrogen-bond donors (Lipinski definition) is 1. The number of sulfonamides is 1. The van der Waals surface area contributed by atoms with Gasteiger partial charge in [-0.15, -0.1) is 0 Å². The summed E-state index contributed by atoms with van der Waals surface area (Å²) < 4.78 is 26.8. The summed E-state index contributed by atoms with van der Waals surface area (Å²) in [5, 5.41) is 0.294. The largest absolute Gasteiger partial charge is 0.329 e. The van der Waals surface area contributed by atoms with Gasteiger partial charge in [-0.3, -0.25) is 0 Å². The van der Waals surface area contributed by atoms with Gasteiger partial charge < -0.3 is 5.73 Å². The molecule has 1 unspecified atom stereocenters. The highest BCUT2D eigenvalue weighted by molar-refractivity contribution is 7.89. The molecule has 4 nitrogen and oxygen atoms in total. The molecule has 0 radical (unpaired) electrons. The molecule has 0 spiro atoms. The molecule has 7 heteroatoms. The smallest absolute Gasteiger partial charge is 0.246 e. The lowest BCUT2D eigenvalue weighted by Gasteiger charge is -2.34. The fourth-order valence-corrected chi connectivity index (χ4v) is 5.17. The number of benzene rings is 1. The first kappa shape index (κ1) is 15.1.